The molecule has 0 aliphatic carbocycles. The van der Waals surface area contributed by atoms with Crippen LogP contribution in [0.4, 0.5) is 5.69 Å². The van der Waals surface area contributed by atoms with Crippen molar-refractivity contribution in [2.75, 3.05) is 17.6 Å². The number of rotatable bonds is 10. The molecule has 5 rings (SSSR count). The molecular weight excluding hydrogens is 570 g/mol. The molecule has 4 aromatic carbocycles. The number of carbonyl (C=O) groups excluding carboxylic acids is 4. The molecular formula is C33H26ClN3O4S. The zero-order chi connectivity index (χ0) is 29.5. The largest absolute Gasteiger partial charge is 0.321 e. The fourth-order valence-electron chi connectivity index (χ4n) is 4.39. The van der Waals surface area contributed by atoms with E-state index in [1.54, 1.807) is 103 Å². The zero-order valence-corrected chi connectivity index (χ0v) is 24.0. The Hall–Kier alpha value is -4.66. The molecule has 1 aliphatic rings. The molecule has 210 valence electrons. The van der Waals surface area contributed by atoms with Gasteiger partial charge in [-0.1, -0.05) is 54.1 Å². The van der Waals surface area contributed by atoms with Gasteiger partial charge in [0.15, 0.2) is 0 Å². The number of anilines is 1. The lowest BCUT2D eigenvalue weighted by Crippen LogP contribution is -2.31. The summed E-state index contributed by atoms with van der Waals surface area (Å²) in [4.78, 5) is 53.4. The van der Waals surface area contributed by atoms with E-state index in [2.05, 4.69) is 10.6 Å². The van der Waals surface area contributed by atoms with E-state index in [0.29, 0.717) is 51.7 Å². The minimum Gasteiger partial charge on any atom is -0.321 e. The average molecular weight is 596 g/mol. The highest BCUT2D eigenvalue weighted by atomic mass is 35.5. The van der Waals surface area contributed by atoms with Crippen LogP contribution in [-0.2, 0) is 4.79 Å². The van der Waals surface area contributed by atoms with Crippen LogP contribution in [0.5, 0.6) is 0 Å². The Morgan fingerprint density at radius 1 is 0.810 bits per heavy atom. The van der Waals surface area contributed by atoms with Gasteiger partial charge in [-0.2, -0.15) is 0 Å². The Morgan fingerprint density at radius 3 is 2.14 bits per heavy atom. The maximum absolute atomic E-state index is 13.2. The summed E-state index contributed by atoms with van der Waals surface area (Å²) in [6.45, 7) is 0.351. The second-order valence-electron chi connectivity index (χ2n) is 9.42. The molecule has 7 nitrogen and oxygen atoms in total. The van der Waals surface area contributed by atoms with Crippen LogP contribution in [0.25, 0.3) is 6.08 Å². The summed E-state index contributed by atoms with van der Waals surface area (Å²) >= 11 is 7.70. The van der Waals surface area contributed by atoms with Gasteiger partial charge in [-0.05, 0) is 84.5 Å². The van der Waals surface area contributed by atoms with Crippen LogP contribution >= 0.6 is 23.4 Å². The molecule has 9 heteroatoms. The van der Waals surface area contributed by atoms with Gasteiger partial charge in [-0.15, -0.1) is 11.8 Å². The van der Waals surface area contributed by atoms with E-state index in [-0.39, 0.29) is 17.5 Å². The number of benzene rings is 4. The molecule has 2 N–H and O–H groups in total. The van der Waals surface area contributed by atoms with Crippen molar-refractivity contribution >= 4 is 58.8 Å². The van der Waals surface area contributed by atoms with Crippen molar-refractivity contribution in [1.29, 1.82) is 0 Å². The molecule has 0 saturated heterocycles. The lowest BCUT2D eigenvalue weighted by Gasteiger charge is -2.13. The first-order valence-electron chi connectivity index (χ1n) is 13.2. The molecule has 0 bridgehead atoms. The second-order valence-corrected chi connectivity index (χ2v) is 11.0. The molecule has 4 amide bonds. The number of nitrogens with zero attached hydrogens (tertiary/aromatic N) is 1. The Morgan fingerprint density at radius 2 is 1.48 bits per heavy atom. The van der Waals surface area contributed by atoms with E-state index in [4.69, 9.17) is 11.6 Å². The zero-order valence-electron chi connectivity index (χ0n) is 22.4. The Balaban J connectivity index is 1.18. The molecule has 0 atom stereocenters. The van der Waals surface area contributed by atoms with Crippen LogP contribution in [0.15, 0.2) is 114 Å². The highest BCUT2D eigenvalue weighted by Gasteiger charge is 2.34. The normalized spacial score (nSPS) is 12.7. The van der Waals surface area contributed by atoms with Gasteiger partial charge in [0.2, 0.25) is 0 Å². The number of hydrogen-bond acceptors (Lipinski definition) is 5. The van der Waals surface area contributed by atoms with Crippen molar-refractivity contribution in [2.45, 2.75) is 11.3 Å². The third kappa shape index (κ3) is 6.97. The molecule has 0 radical (unpaired) electrons. The van der Waals surface area contributed by atoms with Crippen molar-refractivity contribution in [3.63, 3.8) is 0 Å². The minimum atomic E-state index is -0.486. The Labute approximate surface area is 252 Å². The van der Waals surface area contributed by atoms with Gasteiger partial charge in [0.05, 0.1) is 11.1 Å². The van der Waals surface area contributed by atoms with Gasteiger partial charge in [0, 0.05) is 27.7 Å². The topological polar surface area (TPSA) is 95.6 Å². The highest BCUT2D eigenvalue weighted by molar-refractivity contribution is 7.99. The number of imide groups is 1. The monoisotopic (exact) mass is 595 g/mol. The Kier molecular flexibility index (Phi) is 9.16. The maximum atomic E-state index is 13.2. The van der Waals surface area contributed by atoms with E-state index in [9.17, 15) is 19.2 Å². The molecule has 1 heterocycles. The molecule has 42 heavy (non-hydrogen) atoms. The maximum Gasteiger partial charge on any atom is 0.272 e. The number of carbonyl (C=O) groups is 4. The van der Waals surface area contributed by atoms with E-state index in [1.807, 2.05) is 18.2 Å². The van der Waals surface area contributed by atoms with Crippen LogP contribution in [0.3, 0.4) is 0 Å². The van der Waals surface area contributed by atoms with Gasteiger partial charge in [0.1, 0.15) is 5.70 Å². The van der Waals surface area contributed by atoms with E-state index in [1.165, 1.54) is 4.90 Å². The molecule has 0 fully saturated rings. The first kappa shape index (κ1) is 28.9. The minimum absolute atomic E-state index is 0.0673. The number of hydrogen-bond donors (Lipinski definition) is 2. The third-order valence-electron chi connectivity index (χ3n) is 6.47. The molecule has 1 aliphatic heterocycles. The number of halogens is 1. The Bertz CT molecular complexity index is 1640. The van der Waals surface area contributed by atoms with E-state index >= 15 is 0 Å². The van der Waals surface area contributed by atoms with Gasteiger partial charge >= 0.3 is 0 Å². The lowest BCUT2D eigenvalue weighted by molar-refractivity contribution is -0.113. The fraction of sp³-hybridized carbons (Fsp3) is 0.0909. The predicted molar refractivity (Wildman–Crippen MR) is 166 cm³/mol. The van der Waals surface area contributed by atoms with Crippen molar-refractivity contribution in [1.82, 2.24) is 10.2 Å². The second kappa shape index (κ2) is 13.3. The summed E-state index contributed by atoms with van der Waals surface area (Å²) in [5.41, 5.74) is 2.62. The smallest absolute Gasteiger partial charge is 0.272 e. The number of thioether (sulfide) groups is 1. The van der Waals surface area contributed by atoms with Gasteiger partial charge in [0.25, 0.3) is 23.6 Å². The standard InChI is InChI=1S/C33H26ClN3O4S/c34-24-11-6-8-22(20-24)21-29(36-30(38)23-9-2-1-3-10-23)31(39)35-25-14-16-26(17-15-25)42-19-7-18-37-32(40)27-12-4-5-13-28(27)33(37)41/h1-6,8-17,20-21H,7,18-19H2,(H,35,39)(H,36,38)/b29-21-. The molecule has 0 spiro atoms. The van der Waals surface area contributed by atoms with Gasteiger partial charge in [-0.25, -0.2) is 0 Å². The first-order valence-corrected chi connectivity index (χ1v) is 14.6. The summed E-state index contributed by atoms with van der Waals surface area (Å²) < 4.78 is 0. The van der Waals surface area contributed by atoms with Crippen LogP contribution in [0.1, 0.15) is 43.1 Å². The fourth-order valence-corrected chi connectivity index (χ4v) is 5.43. The summed E-state index contributed by atoms with van der Waals surface area (Å²) in [5, 5.41) is 6.06. The van der Waals surface area contributed by atoms with Crippen LogP contribution in [0, 0.1) is 0 Å². The van der Waals surface area contributed by atoms with Crippen LogP contribution < -0.4 is 10.6 Å². The molecule has 4 aromatic rings. The lowest BCUT2D eigenvalue weighted by atomic mass is 10.1. The van der Waals surface area contributed by atoms with Crippen molar-refractivity contribution in [3.05, 3.63) is 136 Å². The van der Waals surface area contributed by atoms with Crippen LogP contribution in [-0.4, -0.2) is 40.8 Å². The van der Waals surface area contributed by atoms with Gasteiger partial charge in [-0.3, -0.25) is 24.1 Å². The summed E-state index contributed by atoms with van der Waals surface area (Å²) in [6.07, 6.45) is 2.22. The molecule has 0 saturated carbocycles. The average Bonchev–Trinajstić information content (AvgIpc) is 3.25. The van der Waals surface area contributed by atoms with Crippen LogP contribution in [0.2, 0.25) is 5.02 Å². The van der Waals surface area contributed by atoms with E-state index < -0.39 is 11.8 Å². The summed E-state index contributed by atoms with van der Waals surface area (Å²) in [6, 6.07) is 29.8. The SMILES string of the molecule is O=C(Nc1ccc(SCCCN2C(=O)c3ccccc3C2=O)cc1)/C(=C/c1cccc(Cl)c1)NC(=O)c1ccccc1. The summed E-state index contributed by atoms with van der Waals surface area (Å²) in [5.74, 6) is -0.682. The van der Waals surface area contributed by atoms with Crippen molar-refractivity contribution < 1.29 is 19.2 Å². The van der Waals surface area contributed by atoms with Gasteiger partial charge < -0.3 is 10.6 Å². The summed E-state index contributed by atoms with van der Waals surface area (Å²) in [7, 11) is 0. The van der Waals surface area contributed by atoms with E-state index in [0.717, 1.165) is 4.90 Å². The molecule has 0 unspecified atom stereocenters. The number of nitrogens with one attached hydrogen (secondary N) is 2. The third-order valence-corrected chi connectivity index (χ3v) is 7.81. The quantitative estimate of drug-likeness (QED) is 0.0941. The van der Waals surface area contributed by atoms with Crippen molar-refractivity contribution in [3.8, 4) is 0 Å². The first-order chi connectivity index (χ1) is 20.4. The predicted octanol–water partition coefficient (Wildman–Crippen LogP) is 6.53. The highest BCUT2D eigenvalue weighted by Crippen LogP contribution is 2.25. The van der Waals surface area contributed by atoms with Crippen molar-refractivity contribution in [2.24, 2.45) is 0 Å². The number of fused-ring (bicyclic) bond motifs is 1. The number of amides is 4. The molecule has 0 aromatic heterocycles.